The number of aryl methyl sites for hydroxylation is 2. The molecule has 0 bridgehead atoms. The van der Waals surface area contributed by atoms with Crippen LogP contribution in [0.1, 0.15) is 36.1 Å². The molecule has 0 unspecified atom stereocenters. The number of nitrogens with zero attached hydrogens (tertiary/aromatic N) is 2. The van der Waals surface area contributed by atoms with Gasteiger partial charge in [-0.2, -0.15) is 0 Å². The van der Waals surface area contributed by atoms with Crippen molar-refractivity contribution in [2.24, 2.45) is 5.92 Å². The molecule has 0 heterocycles. The lowest BCUT2D eigenvalue weighted by Crippen LogP contribution is -2.53. The SMILES string of the molecule is Cc1ccc(S(=O)(=O)N(CC(=O)N(Cc2ccc(Br)cc2)[C@H](Cc2ccccc2)C(=O)NCC(C)C)c2ccc(C)c(Cl)c2)cc1. The van der Waals surface area contributed by atoms with Gasteiger partial charge >= 0.3 is 0 Å². The number of benzene rings is 4. The molecule has 1 atom stereocenters. The zero-order chi connectivity index (χ0) is 33.4. The summed E-state index contributed by atoms with van der Waals surface area (Å²) in [6, 6.07) is 27.4. The third-order valence-electron chi connectivity index (χ3n) is 7.55. The summed E-state index contributed by atoms with van der Waals surface area (Å²) in [6.45, 7) is 7.66. The Morgan fingerprint density at radius 3 is 2.13 bits per heavy atom. The van der Waals surface area contributed by atoms with Crippen LogP contribution in [0.2, 0.25) is 5.02 Å². The van der Waals surface area contributed by atoms with Gasteiger partial charge in [0.2, 0.25) is 11.8 Å². The normalized spacial score (nSPS) is 12.1. The molecule has 0 aliphatic carbocycles. The maximum Gasteiger partial charge on any atom is 0.264 e. The van der Waals surface area contributed by atoms with Crippen molar-refractivity contribution >= 4 is 55.1 Å². The summed E-state index contributed by atoms with van der Waals surface area (Å²) >= 11 is 9.92. The highest BCUT2D eigenvalue weighted by molar-refractivity contribution is 9.10. The monoisotopic (exact) mass is 723 g/mol. The summed E-state index contributed by atoms with van der Waals surface area (Å²) in [7, 11) is -4.21. The van der Waals surface area contributed by atoms with Crippen molar-refractivity contribution < 1.29 is 18.0 Å². The number of hydrogen-bond acceptors (Lipinski definition) is 4. The number of rotatable bonds is 13. The molecule has 0 fully saturated rings. The van der Waals surface area contributed by atoms with Gasteiger partial charge in [-0.25, -0.2) is 8.42 Å². The van der Waals surface area contributed by atoms with Crippen molar-refractivity contribution in [1.82, 2.24) is 10.2 Å². The van der Waals surface area contributed by atoms with E-state index in [1.807, 2.05) is 82.3 Å². The number of sulfonamides is 1. The van der Waals surface area contributed by atoms with Crippen molar-refractivity contribution in [1.29, 1.82) is 0 Å². The van der Waals surface area contributed by atoms with Crippen molar-refractivity contribution in [2.75, 3.05) is 17.4 Å². The van der Waals surface area contributed by atoms with Crippen molar-refractivity contribution in [3.63, 3.8) is 0 Å². The van der Waals surface area contributed by atoms with Gasteiger partial charge < -0.3 is 10.2 Å². The molecule has 0 aromatic heterocycles. The Balaban J connectivity index is 1.81. The maximum atomic E-state index is 14.6. The van der Waals surface area contributed by atoms with Gasteiger partial charge in [-0.15, -0.1) is 0 Å². The predicted molar refractivity (Wildman–Crippen MR) is 188 cm³/mol. The third-order valence-corrected chi connectivity index (χ3v) is 10.3. The minimum atomic E-state index is -4.21. The van der Waals surface area contributed by atoms with Crippen LogP contribution in [0.4, 0.5) is 5.69 Å². The second-order valence-electron chi connectivity index (χ2n) is 11.8. The third kappa shape index (κ3) is 9.21. The summed E-state index contributed by atoms with van der Waals surface area (Å²) in [5.74, 6) is -0.649. The molecule has 242 valence electrons. The van der Waals surface area contributed by atoms with Crippen LogP contribution in [0.25, 0.3) is 0 Å². The molecule has 0 saturated carbocycles. The Morgan fingerprint density at radius 2 is 1.52 bits per heavy atom. The van der Waals surface area contributed by atoms with Crippen molar-refractivity contribution in [2.45, 2.75) is 51.6 Å². The summed E-state index contributed by atoms with van der Waals surface area (Å²) in [6.07, 6.45) is 0.244. The number of halogens is 2. The first-order valence-electron chi connectivity index (χ1n) is 15.1. The molecule has 4 aromatic rings. The van der Waals surface area contributed by atoms with Crippen LogP contribution in [0.15, 0.2) is 106 Å². The number of amides is 2. The van der Waals surface area contributed by atoms with Gasteiger partial charge in [0.1, 0.15) is 12.6 Å². The molecule has 0 spiro atoms. The van der Waals surface area contributed by atoms with Crippen LogP contribution < -0.4 is 9.62 Å². The standard InChI is InChI=1S/C36H39BrClN3O4S/c1-25(2)22-39-36(43)34(20-28-8-6-5-7-9-28)40(23-29-13-15-30(37)16-14-29)35(42)24-41(31-17-12-27(4)33(38)21-31)46(44,45)32-18-10-26(3)11-19-32/h5-19,21,25,34H,20,22-24H2,1-4H3,(H,39,43)/t34-/m1/s1. The van der Waals surface area contributed by atoms with E-state index < -0.39 is 28.5 Å². The number of carbonyl (C=O) groups is 2. The fraction of sp³-hybridized carbons (Fsp3) is 0.278. The van der Waals surface area contributed by atoms with Gasteiger partial charge in [-0.3, -0.25) is 13.9 Å². The van der Waals surface area contributed by atoms with Crippen molar-refractivity contribution in [3.8, 4) is 0 Å². The van der Waals surface area contributed by atoms with E-state index in [4.69, 9.17) is 11.6 Å². The van der Waals surface area contributed by atoms with Crippen LogP contribution in [-0.2, 0) is 32.6 Å². The molecule has 1 N–H and O–H groups in total. The molecule has 4 rings (SSSR count). The van der Waals surface area contributed by atoms with Crippen LogP contribution >= 0.6 is 27.5 Å². The Labute approximate surface area is 285 Å². The molecule has 2 amide bonds. The fourth-order valence-corrected chi connectivity index (χ4v) is 6.71. The number of nitrogens with one attached hydrogen (secondary N) is 1. The highest BCUT2D eigenvalue weighted by atomic mass is 79.9. The number of anilines is 1. The van der Waals surface area contributed by atoms with Gasteiger partial charge in [-0.1, -0.05) is 108 Å². The average Bonchev–Trinajstić information content (AvgIpc) is 3.03. The molecule has 0 radical (unpaired) electrons. The van der Waals surface area contributed by atoms with Crippen LogP contribution in [0.5, 0.6) is 0 Å². The average molecular weight is 725 g/mol. The molecular weight excluding hydrogens is 686 g/mol. The van der Waals surface area contributed by atoms with E-state index in [1.165, 1.54) is 17.0 Å². The minimum Gasteiger partial charge on any atom is -0.354 e. The fourth-order valence-electron chi connectivity index (χ4n) is 4.87. The topological polar surface area (TPSA) is 86.8 Å². The first-order chi connectivity index (χ1) is 21.8. The highest BCUT2D eigenvalue weighted by Gasteiger charge is 2.34. The molecular formula is C36H39BrClN3O4S. The zero-order valence-electron chi connectivity index (χ0n) is 26.4. The second kappa shape index (κ2) is 15.8. The lowest BCUT2D eigenvalue weighted by atomic mass is 10.0. The lowest BCUT2D eigenvalue weighted by Gasteiger charge is -2.34. The van der Waals surface area contributed by atoms with Gasteiger partial charge in [0, 0.05) is 29.0 Å². The molecule has 0 saturated heterocycles. The van der Waals surface area contributed by atoms with Crippen LogP contribution in [0.3, 0.4) is 0 Å². The number of hydrogen-bond donors (Lipinski definition) is 1. The van der Waals surface area contributed by atoms with E-state index in [9.17, 15) is 18.0 Å². The summed E-state index contributed by atoms with van der Waals surface area (Å²) in [5, 5.41) is 3.37. The minimum absolute atomic E-state index is 0.0394. The first kappa shape index (κ1) is 35.2. The van der Waals surface area contributed by atoms with E-state index in [1.54, 1.807) is 30.3 Å². The lowest BCUT2D eigenvalue weighted by molar-refractivity contribution is -0.140. The van der Waals surface area contributed by atoms with Crippen molar-refractivity contribution in [3.05, 3.63) is 129 Å². The van der Waals surface area contributed by atoms with Gasteiger partial charge in [-0.05, 0) is 72.9 Å². The van der Waals surface area contributed by atoms with E-state index in [-0.39, 0.29) is 35.4 Å². The summed E-state index contributed by atoms with van der Waals surface area (Å²) in [5.41, 5.74) is 3.58. The number of carbonyl (C=O) groups excluding carboxylic acids is 2. The molecule has 4 aromatic carbocycles. The quantitative estimate of drug-likeness (QED) is 0.157. The highest BCUT2D eigenvalue weighted by Crippen LogP contribution is 2.29. The molecule has 46 heavy (non-hydrogen) atoms. The van der Waals surface area contributed by atoms with Gasteiger partial charge in [0.15, 0.2) is 0 Å². The molecule has 0 aliphatic rings. The molecule has 0 aliphatic heterocycles. The Bertz CT molecular complexity index is 1750. The molecule has 7 nitrogen and oxygen atoms in total. The maximum absolute atomic E-state index is 14.6. The Kier molecular flexibility index (Phi) is 12.1. The van der Waals surface area contributed by atoms with Crippen LogP contribution in [-0.4, -0.2) is 44.3 Å². The van der Waals surface area contributed by atoms with Gasteiger partial charge in [0.05, 0.1) is 10.6 Å². The second-order valence-corrected chi connectivity index (χ2v) is 14.9. The predicted octanol–water partition coefficient (Wildman–Crippen LogP) is 7.33. The van der Waals surface area contributed by atoms with E-state index in [2.05, 4.69) is 21.2 Å². The van der Waals surface area contributed by atoms with E-state index in [0.29, 0.717) is 11.6 Å². The summed E-state index contributed by atoms with van der Waals surface area (Å²) < 4.78 is 30.3. The Hall–Kier alpha value is -3.66. The smallest absolute Gasteiger partial charge is 0.264 e. The Morgan fingerprint density at radius 1 is 0.870 bits per heavy atom. The largest absolute Gasteiger partial charge is 0.354 e. The zero-order valence-corrected chi connectivity index (χ0v) is 29.6. The molecule has 10 heteroatoms. The van der Waals surface area contributed by atoms with E-state index in [0.717, 1.165) is 31.0 Å². The van der Waals surface area contributed by atoms with Gasteiger partial charge in [0.25, 0.3) is 10.0 Å². The summed E-state index contributed by atoms with van der Waals surface area (Å²) in [4.78, 5) is 29.9. The first-order valence-corrected chi connectivity index (χ1v) is 17.7. The van der Waals surface area contributed by atoms with E-state index >= 15 is 0 Å². The van der Waals surface area contributed by atoms with Crippen LogP contribution in [0, 0.1) is 19.8 Å².